The fourth-order valence-corrected chi connectivity index (χ4v) is 1.51. The van der Waals surface area contributed by atoms with Gasteiger partial charge in [0.05, 0.1) is 13.3 Å². The van der Waals surface area contributed by atoms with Crippen LogP contribution in [0.25, 0.3) is 11.1 Å². The number of nitrogens with zero attached hydrogens (tertiary/aromatic N) is 2. The van der Waals surface area contributed by atoms with Crippen LogP contribution < -0.4 is 4.74 Å². The number of benzene rings is 1. The summed E-state index contributed by atoms with van der Waals surface area (Å²) >= 11 is 0. The normalized spacial score (nSPS) is 10.8. The van der Waals surface area contributed by atoms with E-state index in [9.17, 15) is 13.9 Å². The van der Waals surface area contributed by atoms with Crippen molar-refractivity contribution in [1.82, 2.24) is 9.78 Å². The van der Waals surface area contributed by atoms with Crippen LogP contribution in [0.3, 0.4) is 0 Å². The molecule has 90 valence electrons. The first-order chi connectivity index (χ1) is 8.11. The summed E-state index contributed by atoms with van der Waals surface area (Å²) < 4.78 is 30.4. The molecule has 1 heterocycles. The maximum Gasteiger partial charge on any atom is 0.333 e. The molecule has 4 nitrogen and oxygen atoms in total. The summed E-state index contributed by atoms with van der Waals surface area (Å²) in [6, 6.07) is 4.45. The lowest BCUT2D eigenvalue weighted by atomic mass is 10.1. The molecule has 0 fully saturated rings. The summed E-state index contributed by atoms with van der Waals surface area (Å²) in [6.07, 6.45) is 2.49. The molecule has 0 bridgehead atoms. The van der Waals surface area contributed by atoms with Crippen molar-refractivity contribution < 1.29 is 18.6 Å². The minimum Gasteiger partial charge on any atom is -0.508 e. The third-order valence-electron chi connectivity index (χ3n) is 2.30. The maximum atomic E-state index is 12.4. The number of phenols is 1. The number of hydrogen-bond acceptors (Lipinski definition) is 3. The van der Waals surface area contributed by atoms with Crippen LogP contribution in [0.5, 0.6) is 11.5 Å². The van der Waals surface area contributed by atoms with Crippen LogP contribution in [0.2, 0.25) is 0 Å². The van der Waals surface area contributed by atoms with E-state index in [1.165, 1.54) is 31.6 Å². The van der Waals surface area contributed by atoms with Gasteiger partial charge in [-0.3, -0.25) is 0 Å². The summed E-state index contributed by atoms with van der Waals surface area (Å²) in [7, 11) is 1.47. The minimum absolute atomic E-state index is 0.0330. The van der Waals surface area contributed by atoms with Crippen molar-refractivity contribution in [3.63, 3.8) is 0 Å². The quantitative estimate of drug-likeness (QED) is 0.897. The molecule has 1 aromatic carbocycles. The number of phenolic OH excluding ortho intramolecular Hbond substituents is 1. The fraction of sp³-hybridized carbons (Fsp3) is 0.182. The second-order valence-corrected chi connectivity index (χ2v) is 3.37. The summed E-state index contributed by atoms with van der Waals surface area (Å²) in [5.74, 6) is 0.516. The highest BCUT2D eigenvalue weighted by molar-refractivity contribution is 5.70. The molecular formula is C11H10F2N2O2. The zero-order valence-corrected chi connectivity index (χ0v) is 8.97. The fourth-order valence-electron chi connectivity index (χ4n) is 1.51. The summed E-state index contributed by atoms with van der Waals surface area (Å²) in [4.78, 5) is 0. The van der Waals surface area contributed by atoms with Gasteiger partial charge >= 0.3 is 6.55 Å². The number of alkyl halides is 2. The molecule has 0 radical (unpaired) electrons. The predicted octanol–water partition coefficient (Wildman–Crippen LogP) is 2.66. The van der Waals surface area contributed by atoms with Crippen molar-refractivity contribution in [3.8, 4) is 22.6 Å². The molecule has 0 saturated carbocycles. The van der Waals surface area contributed by atoms with Gasteiger partial charge < -0.3 is 9.84 Å². The molecule has 0 aliphatic carbocycles. The minimum atomic E-state index is -2.69. The highest BCUT2D eigenvalue weighted by atomic mass is 19.3. The van der Waals surface area contributed by atoms with E-state index in [0.717, 1.165) is 0 Å². The molecule has 0 unspecified atom stereocenters. The van der Waals surface area contributed by atoms with Crippen molar-refractivity contribution in [2.75, 3.05) is 7.11 Å². The zero-order valence-electron chi connectivity index (χ0n) is 8.97. The van der Waals surface area contributed by atoms with E-state index in [1.54, 1.807) is 6.07 Å². The van der Waals surface area contributed by atoms with Crippen LogP contribution in [0, 0.1) is 0 Å². The van der Waals surface area contributed by atoms with Gasteiger partial charge in [0.15, 0.2) is 0 Å². The van der Waals surface area contributed by atoms with E-state index in [1.807, 2.05) is 0 Å². The molecule has 0 amide bonds. The Morgan fingerprint density at radius 1 is 1.41 bits per heavy atom. The Balaban J connectivity index is 2.47. The van der Waals surface area contributed by atoms with E-state index in [4.69, 9.17) is 4.74 Å². The van der Waals surface area contributed by atoms with Gasteiger partial charge in [-0.15, -0.1) is 0 Å². The zero-order chi connectivity index (χ0) is 12.4. The van der Waals surface area contributed by atoms with Crippen molar-refractivity contribution in [1.29, 1.82) is 0 Å². The summed E-state index contributed by atoms with van der Waals surface area (Å²) in [6.45, 7) is -2.69. The van der Waals surface area contributed by atoms with Crippen molar-refractivity contribution in [2.45, 2.75) is 6.55 Å². The average Bonchev–Trinajstić information content (AvgIpc) is 2.78. The Hall–Kier alpha value is -2.11. The summed E-state index contributed by atoms with van der Waals surface area (Å²) in [5.41, 5.74) is 0.970. The molecule has 0 spiro atoms. The van der Waals surface area contributed by atoms with Crippen LogP contribution in [0.1, 0.15) is 6.55 Å². The molecule has 0 saturated heterocycles. The lowest BCUT2D eigenvalue weighted by Gasteiger charge is -2.06. The number of hydrogen-bond donors (Lipinski definition) is 1. The van der Waals surface area contributed by atoms with Gasteiger partial charge in [-0.2, -0.15) is 13.9 Å². The molecule has 1 N–H and O–H groups in total. The standard InChI is InChI=1S/C11H10F2N2O2/c1-17-10-3-2-8(16)4-9(10)7-5-14-15(6-7)11(12)13/h2-6,11,16H,1H3. The largest absolute Gasteiger partial charge is 0.508 e. The first kappa shape index (κ1) is 11.4. The lowest BCUT2D eigenvalue weighted by Crippen LogP contribution is -1.96. The molecule has 6 heteroatoms. The van der Waals surface area contributed by atoms with Crippen LogP contribution in [-0.4, -0.2) is 22.0 Å². The third kappa shape index (κ3) is 2.20. The number of aromatic nitrogens is 2. The van der Waals surface area contributed by atoms with Gasteiger partial charge in [-0.1, -0.05) is 0 Å². The second kappa shape index (κ2) is 4.40. The van der Waals surface area contributed by atoms with Gasteiger partial charge in [0.25, 0.3) is 0 Å². The summed E-state index contributed by atoms with van der Waals surface area (Å²) in [5, 5.41) is 12.9. The number of aromatic hydroxyl groups is 1. The third-order valence-corrected chi connectivity index (χ3v) is 2.30. The van der Waals surface area contributed by atoms with Gasteiger partial charge in [0.1, 0.15) is 11.5 Å². The Labute approximate surface area is 96.1 Å². The Bertz CT molecular complexity index is 526. The topological polar surface area (TPSA) is 47.3 Å². The van der Waals surface area contributed by atoms with Gasteiger partial charge in [-0.05, 0) is 18.2 Å². The van der Waals surface area contributed by atoms with E-state index < -0.39 is 6.55 Å². The lowest BCUT2D eigenvalue weighted by molar-refractivity contribution is 0.0566. The second-order valence-electron chi connectivity index (χ2n) is 3.37. The molecule has 0 aliphatic rings. The predicted molar refractivity (Wildman–Crippen MR) is 57.1 cm³/mol. The van der Waals surface area contributed by atoms with Crippen LogP contribution in [0.4, 0.5) is 8.78 Å². The van der Waals surface area contributed by atoms with E-state index >= 15 is 0 Å². The van der Waals surface area contributed by atoms with E-state index in [0.29, 0.717) is 21.6 Å². The SMILES string of the molecule is COc1ccc(O)cc1-c1cnn(C(F)F)c1. The Morgan fingerprint density at radius 3 is 2.76 bits per heavy atom. The van der Waals surface area contributed by atoms with Gasteiger partial charge in [0, 0.05) is 17.3 Å². The molecule has 1 aromatic heterocycles. The number of halogens is 2. The highest BCUT2D eigenvalue weighted by Crippen LogP contribution is 2.33. The molecule has 0 aliphatic heterocycles. The number of rotatable bonds is 3. The van der Waals surface area contributed by atoms with Crippen molar-refractivity contribution in [2.24, 2.45) is 0 Å². The number of ether oxygens (including phenoxy) is 1. The smallest absolute Gasteiger partial charge is 0.333 e. The first-order valence-corrected chi connectivity index (χ1v) is 4.81. The molecule has 2 aromatic rings. The number of methoxy groups -OCH3 is 1. The molecule has 0 atom stereocenters. The average molecular weight is 240 g/mol. The van der Waals surface area contributed by atoms with E-state index in [2.05, 4.69) is 5.10 Å². The molecule has 17 heavy (non-hydrogen) atoms. The first-order valence-electron chi connectivity index (χ1n) is 4.81. The van der Waals surface area contributed by atoms with Crippen molar-refractivity contribution in [3.05, 3.63) is 30.6 Å². The van der Waals surface area contributed by atoms with Gasteiger partial charge in [0.2, 0.25) is 0 Å². The van der Waals surface area contributed by atoms with Crippen molar-refractivity contribution >= 4 is 0 Å². The monoisotopic (exact) mass is 240 g/mol. The molecular weight excluding hydrogens is 230 g/mol. The Kier molecular flexibility index (Phi) is 2.95. The maximum absolute atomic E-state index is 12.4. The highest BCUT2D eigenvalue weighted by Gasteiger charge is 2.12. The van der Waals surface area contributed by atoms with Crippen LogP contribution in [0.15, 0.2) is 30.6 Å². The van der Waals surface area contributed by atoms with E-state index in [-0.39, 0.29) is 5.75 Å². The van der Waals surface area contributed by atoms with Gasteiger partial charge in [-0.25, -0.2) is 4.68 Å². The van der Waals surface area contributed by atoms with Crippen LogP contribution in [-0.2, 0) is 0 Å². The Morgan fingerprint density at radius 2 is 2.18 bits per heavy atom. The molecule has 2 rings (SSSR count). The van der Waals surface area contributed by atoms with Crippen LogP contribution >= 0.6 is 0 Å².